The smallest absolute Gasteiger partial charge is 0.406 e. The van der Waals surface area contributed by atoms with Crippen molar-refractivity contribution in [2.75, 3.05) is 0 Å². The Hall–Kier alpha value is -1.53. The number of thiophene rings is 1. The second-order valence-electron chi connectivity index (χ2n) is 4.45. The maximum absolute atomic E-state index is 12.0. The van der Waals surface area contributed by atoms with Gasteiger partial charge in [0.2, 0.25) is 0 Å². The largest absolute Gasteiger partial charge is 0.573 e. The quantitative estimate of drug-likeness (QED) is 0.918. The third-order valence-electron chi connectivity index (χ3n) is 2.74. The lowest BCUT2D eigenvalue weighted by atomic mass is 10.1. The summed E-state index contributed by atoms with van der Waals surface area (Å²) in [5, 5.41) is 0. The van der Waals surface area contributed by atoms with Crippen LogP contribution in [0, 0.1) is 6.92 Å². The molecule has 108 valence electrons. The predicted molar refractivity (Wildman–Crippen MR) is 72.8 cm³/mol. The van der Waals surface area contributed by atoms with E-state index in [4.69, 9.17) is 5.73 Å². The van der Waals surface area contributed by atoms with Crippen molar-refractivity contribution in [1.82, 2.24) is 0 Å². The number of rotatable bonds is 4. The summed E-state index contributed by atoms with van der Waals surface area (Å²) in [5.74, 6) is -0.221. The highest BCUT2D eigenvalue weighted by molar-refractivity contribution is 7.12. The van der Waals surface area contributed by atoms with Crippen molar-refractivity contribution in [3.05, 3.63) is 51.7 Å². The van der Waals surface area contributed by atoms with Crippen LogP contribution in [-0.2, 0) is 6.42 Å². The monoisotopic (exact) mass is 301 g/mol. The van der Waals surface area contributed by atoms with Crippen LogP contribution in [0.15, 0.2) is 36.4 Å². The van der Waals surface area contributed by atoms with Crippen molar-refractivity contribution < 1.29 is 17.9 Å². The molecule has 0 radical (unpaired) electrons. The van der Waals surface area contributed by atoms with Gasteiger partial charge in [0.15, 0.2) is 0 Å². The Kier molecular flexibility index (Phi) is 4.35. The van der Waals surface area contributed by atoms with Gasteiger partial charge in [0.25, 0.3) is 0 Å². The van der Waals surface area contributed by atoms with Crippen LogP contribution in [0.3, 0.4) is 0 Å². The molecule has 0 fully saturated rings. The van der Waals surface area contributed by atoms with E-state index < -0.39 is 6.36 Å². The van der Waals surface area contributed by atoms with Gasteiger partial charge in [0.1, 0.15) is 5.75 Å². The summed E-state index contributed by atoms with van der Waals surface area (Å²) in [6, 6.07) is 9.63. The molecular formula is C14H14F3NOS. The molecule has 2 nitrogen and oxygen atoms in total. The number of benzene rings is 1. The molecule has 20 heavy (non-hydrogen) atoms. The van der Waals surface area contributed by atoms with E-state index in [9.17, 15) is 13.2 Å². The lowest BCUT2D eigenvalue weighted by Gasteiger charge is -2.11. The third kappa shape index (κ3) is 4.25. The second-order valence-corrected chi connectivity index (χ2v) is 5.77. The molecule has 0 amide bonds. The first-order valence-electron chi connectivity index (χ1n) is 6.00. The van der Waals surface area contributed by atoms with E-state index in [-0.39, 0.29) is 11.8 Å². The van der Waals surface area contributed by atoms with Crippen LogP contribution in [0.2, 0.25) is 0 Å². The summed E-state index contributed by atoms with van der Waals surface area (Å²) in [6.07, 6.45) is -4.08. The second kappa shape index (κ2) is 5.85. The Bertz CT molecular complexity index is 563. The molecule has 6 heteroatoms. The molecule has 0 saturated carbocycles. The van der Waals surface area contributed by atoms with Crippen LogP contribution in [0.1, 0.15) is 21.4 Å². The summed E-state index contributed by atoms with van der Waals surface area (Å²) in [5.41, 5.74) is 6.95. The summed E-state index contributed by atoms with van der Waals surface area (Å²) >= 11 is 1.63. The highest BCUT2D eigenvalue weighted by Gasteiger charge is 2.30. The van der Waals surface area contributed by atoms with Crippen LogP contribution in [0.25, 0.3) is 0 Å². The SMILES string of the molecule is Cc1ccc(C(N)Cc2ccc(OC(F)(F)F)cc2)s1. The zero-order valence-electron chi connectivity index (χ0n) is 10.8. The zero-order valence-corrected chi connectivity index (χ0v) is 11.6. The van der Waals surface area contributed by atoms with Gasteiger partial charge in [-0.05, 0) is 43.2 Å². The van der Waals surface area contributed by atoms with E-state index in [2.05, 4.69) is 4.74 Å². The van der Waals surface area contributed by atoms with Crippen molar-refractivity contribution >= 4 is 11.3 Å². The van der Waals surface area contributed by atoms with Gasteiger partial charge < -0.3 is 10.5 Å². The van der Waals surface area contributed by atoms with E-state index in [1.54, 1.807) is 23.5 Å². The molecule has 1 atom stereocenters. The summed E-state index contributed by atoms with van der Waals surface area (Å²) in [7, 11) is 0. The van der Waals surface area contributed by atoms with E-state index in [1.165, 1.54) is 17.0 Å². The number of alkyl halides is 3. The van der Waals surface area contributed by atoms with Gasteiger partial charge >= 0.3 is 6.36 Å². The maximum atomic E-state index is 12.0. The molecule has 0 aliphatic rings. The molecule has 0 spiro atoms. The molecular weight excluding hydrogens is 287 g/mol. The lowest BCUT2D eigenvalue weighted by molar-refractivity contribution is -0.274. The Morgan fingerprint density at radius 2 is 1.80 bits per heavy atom. The Labute approximate surface area is 119 Å². The fourth-order valence-corrected chi connectivity index (χ4v) is 2.71. The first-order valence-corrected chi connectivity index (χ1v) is 6.82. The van der Waals surface area contributed by atoms with Crippen LogP contribution < -0.4 is 10.5 Å². The van der Waals surface area contributed by atoms with Gasteiger partial charge in [0, 0.05) is 15.8 Å². The maximum Gasteiger partial charge on any atom is 0.573 e. The van der Waals surface area contributed by atoms with E-state index in [0.29, 0.717) is 6.42 Å². The van der Waals surface area contributed by atoms with Crippen LogP contribution >= 0.6 is 11.3 Å². The van der Waals surface area contributed by atoms with Crippen molar-refractivity contribution in [2.24, 2.45) is 5.73 Å². The molecule has 0 saturated heterocycles. The first kappa shape index (κ1) is 14.9. The Morgan fingerprint density at radius 3 is 2.30 bits per heavy atom. The fraction of sp³-hybridized carbons (Fsp3) is 0.286. The molecule has 0 bridgehead atoms. The third-order valence-corrected chi connectivity index (χ3v) is 3.87. The minimum Gasteiger partial charge on any atom is -0.406 e. The van der Waals surface area contributed by atoms with Crippen molar-refractivity contribution in [1.29, 1.82) is 0 Å². The van der Waals surface area contributed by atoms with Gasteiger partial charge in [0.05, 0.1) is 0 Å². The van der Waals surface area contributed by atoms with Gasteiger partial charge in [-0.2, -0.15) is 0 Å². The number of aryl methyl sites for hydroxylation is 1. The number of nitrogens with two attached hydrogens (primary N) is 1. The summed E-state index contributed by atoms with van der Waals surface area (Å²) in [6.45, 7) is 2.00. The normalized spacial score (nSPS) is 13.2. The van der Waals surface area contributed by atoms with Gasteiger partial charge in [-0.15, -0.1) is 24.5 Å². The molecule has 2 N–H and O–H groups in total. The molecule has 0 aliphatic heterocycles. The standard InChI is InChI=1S/C14H14F3NOS/c1-9-2-7-13(20-9)12(18)8-10-3-5-11(6-4-10)19-14(15,16)17/h2-7,12H,8,18H2,1H3. The highest BCUT2D eigenvalue weighted by atomic mass is 32.1. The molecule has 0 aliphatic carbocycles. The number of hydrogen-bond acceptors (Lipinski definition) is 3. The minimum atomic E-state index is -4.66. The van der Waals surface area contributed by atoms with Crippen molar-refractivity contribution in [3.8, 4) is 5.75 Å². The molecule has 1 aromatic carbocycles. The van der Waals surface area contributed by atoms with E-state index in [1.807, 2.05) is 19.1 Å². The van der Waals surface area contributed by atoms with Gasteiger partial charge in [-0.1, -0.05) is 12.1 Å². The average Bonchev–Trinajstić information content (AvgIpc) is 2.77. The van der Waals surface area contributed by atoms with Crippen LogP contribution in [0.5, 0.6) is 5.75 Å². The molecule has 1 unspecified atom stereocenters. The van der Waals surface area contributed by atoms with E-state index >= 15 is 0 Å². The average molecular weight is 301 g/mol. The van der Waals surface area contributed by atoms with Crippen molar-refractivity contribution in [2.45, 2.75) is 25.7 Å². The summed E-state index contributed by atoms with van der Waals surface area (Å²) < 4.78 is 39.9. The number of halogens is 3. The van der Waals surface area contributed by atoms with E-state index in [0.717, 1.165) is 10.4 Å². The topological polar surface area (TPSA) is 35.2 Å². The van der Waals surface area contributed by atoms with Gasteiger partial charge in [-0.25, -0.2) is 0 Å². The molecule has 2 rings (SSSR count). The Morgan fingerprint density at radius 1 is 1.15 bits per heavy atom. The number of ether oxygens (including phenoxy) is 1. The minimum absolute atomic E-state index is 0.150. The molecule has 1 heterocycles. The summed E-state index contributed by atoms with van der Waals surface area (Å²) in [4.78, 5) is 2.25. The zero-order chi connectivity index (χ0) is 14.8. The molecule has 2 aromatic rings. The fourth-order valence-electron chi connectivity index (χ4n) is 1.83. The molecule has 1 aromatic heterocycles. The Balaban J connectivity index is 2.00. The highest BCUT2D eigenvalue weighted by Crippen LogP contribution is 2.26. The first-order chi connectivity index (χ1) is 9.33. The van der Waals surface area contributed by atoms with Crippen molar-refractivity contribution in [3.63, 3.8) is 0 Å². The number of hydrogen-bond donors (Lipinski definition) is 1. The van der Waals surface area contributed by atoms with Crippen LogP contribution in [-0.4, -0.2) is 6.36 Å². The van der Waals surface area contributed by atoms with Gasteiger partial charge in [-0.3, -0.25) is 0 Å². The predicted octanol–water partition coefficient (Wildman–Crippen LogP) is 4.20. The lowest BCUT2D eigenvalue weighted by Crippen LogP contribution is -2.17. The van der Waals surface area contributed by atoms with Crippen LogP contribution in [0.4, 0.5) is 13.2 Å².